The number of methoxy groups -OCH3 is 2. The van der Waals surface area contributed by atoms with E-state index < -0.39 is 5.97 Å². The first-order valence-electron chi connectivity index (χ1n) is 5.75. The van der Waals surface area contributed by atoms with Gasteiger partial charge in [-0.2, -0.15) is 0 Å². The zero-order valence-corrected chi connectivity index (χ0v) is 10.4. The Balaban J connectivity index is 2.13. The van der Waals surface area contributed by atoms with Crippen molar-refractivity contribution < 1.29 is 24.1 Å². The Labute approximate surface area is 105 Å². The minimum Gasteiger partial charge on any atom is -0.493 e. The van der Waals surface area contributed by atoms with Crippen molar-refractivity contribution in [3.63, 3.8) is 0 Å². The molecule has 0 saturated heterocycles. The van der Waals surface area contributed by atoms with Crippen LogP contribution in [0.5, 0.6) is 11.5 Å². The molecule has 0 atom stereocenters. The number of ether oxygens (including phenoxy) is 3. The molecule has 1 aliphatic carbocycles. The fourth-order valence-corrected chi connectivity index (χ4v) is 1.82. The van der Waals surface area contributed by atoms with Gasteiger partial charge in [0.05, 0.1) is 25.9 Å². The molecule has 5 nitrogen and oxygen atoms in total. The molecule has 0 aliphatic heterocycles. The molecule has 1 aromatic rings. The molecule has 1 N–H and O–H groups in total. The second-order valence-electron chi connectivity index (χ2n) is 4.22. The summed E-state index contributed by atoms with van der Waals surface area (Å²) in [6.07, 6.45) is 0.998. The Hall–Kier alpha value is -1.75. The van der Waals surface area contributed by atoms with Crippen LogP contribution in [0.2, 0.25) is 0 Å². The molecular formula is C13H16O5. The molecule has 0 amide bonds. The minimum absolute atomic E-state index is 0.0119. The van der Waals surface area contributed by atoms with Crippen LogP contribution in [0.25, 0.3) is 0 Å². The molecule has 1 aliphatic rings. The summed E-state index contributed by atoms with van der Waals surface area (Å²) in [4.78, 5) is 11.4. The topological polar surface area (TPSA) is 65.0 Å². The SMILES string of the molecule is COC(=O)c1ccc(OC2CC(O)C2)c(OC)c1. The van der Waals surface area contributed by atoms with Crippen molar-refractivity contribution in [2.24, 2.45) is 0 Å². The number of aliphatic hydroxyl groups excluding tert-OH is 1. The van der Waals surface area contributed by atoms with Crippen LogP contribution in [0.4, 0.5) is 0 Å². The summed E-state index contributed by atoms with van der Waals surface area (Å²) in [7, 11) is 2.84. The van der Waals surface area contributed by atoms with Crippen molar-refractivity contribution in [3.05, 3.63) is 23.8 Å². The monoisotopic (exact) mass is 252 g/mol. The lowest BCUT2D eigenvalue weighted by molar-refractivity contribution is -0.0118. The number of aliphatic hydroxyl groups is 1. The second-order valence-corrected chi connectivity index (χ2v) is 4.22. The van der Waals surface area contributed by atoms with Crippen molar-refractivity contribution in [3.8, 4) is 11.5 Å². The Kier molecular flexibility index (Phi) is 3.72. The Morgan fingerprint density at radius 1 is 1.28 bits per heavy atom. The van der Waals surface area contributed by atoms with Crippen molar-refractivity contribution in [1.29, 1.82) is 0 Å². The van der Waals surface area contributed by atoms with Gasteiger partial charge in [0.15, 0.2) is 11.5 Å². The van der Waals surface area contributed by atoms with Gasteiger partial charge in [0.1, 0.15) is 6.10 Å². The van der Waals surface area contributed by atoms with Gasteiger partial charge in [0.2, 0.25) is 0 Å². The van der Waals surface area contributed by atoms with E-state index in [1.165, 1.54) is 14.2 Å². The molecule has 0 radical (unpaired) electrons. The van der Waals surface area contributed by atoms with Crippen LogP contribution in [0.3, 0.4) is 0 Å². The molecule has 5 heteroatoms. The maximum atomic E-state index is 11.4. The van der Waals surface area contributed by atoms with Gasteiger partial charge in [-0.05, 0) is 18.2 Å². The fourth-order valence-electron chi connectivity index (χ4n) is 1.82. The summed E-state index contributed by atoms with van der Waals surface area (Å²) in [6, 6.07) is 4.88. The molecule has 1 aromatic carbocycles. The molecule has 0 heterocycles. The maximum absolute atomic E-state index is 11.4. The van der Waals surface area contributed by atoms with Gasteiger partial charge in [0.25, 0.3) is 0 Å². The zero-order valence-electron chi connectivity index (χ0n) is 10.4. The molecule has 1 saturated carbocycles. The van der Waals surface area contributed by atoms with Gasteiger partial charge in [0, 0.05) is 12.8 Å². The van der Waals surface area contributed by atoms with Crippen LogP contribution in [-0.4, -0.2) is 37.5 Å². The van der Waals surface area contributed by atoms with Gasteiger partial charge < -0.3 is 19.3 Å². The third kappa shape index (κ3) is 2.56. The molecule has 0 unspecified atom stereocenters. The van der Waals surface area contributed by atoms with Crippen LogP contribution in [0.1, 0.15) is 23.2 Å². The summed E-state index contributed by atoms with van der Waals surface area (Å²) in [5, 5.41) is 9.20. The average Bonchev–Trinajstić information content (AvgIpc) is 2.36. The molecular weight excluding hydrogens is 236 g/mol. The highest BCUT2D eigenvalue weighted by Gasteiger charge is 2.29. The Bertz CT molecular complexity index is 437. The highest BCUT2D eigenvalue weighted by atomic mass is 16.5. The zero-order chi connectivity index (χ0) is 13.1. The van der Waals surface area contributed by atoms with E-state index in [4.69, 9.17) is 9.47 Å². The highest BCUT2D eigenvalue weighted by molar-refractivity contribution is 5.90. The lowest BCUT2D eigenvalue weighted by Crippen LogP contribution is -2.37. The summed E-state index contributed by atoms with van der Waals surface area (Å²) in [5.41, 5.74) is 0.412. The number of benzene rings is 1. The third-order valence-electron chi connectivity index (χ3n) is 2.95. The minimum atomic E-state index is -0.418. The number of carbonyl (C=O) groups is 1. The van der Waals surface area contributed by atoms with E-state index in [0.717, 1.165) is 0 Å². The standard InChI is InChI=1S/C13H16O5/c1-16-12-5-8(13(15)17-2)3-4-11(12)18-10-6-9(14)7-10/h3-5,9-10,14H,6-7H2,1-2H3. The van der Waals surface area contributed by atoms with E-state index >= 15 is 0 Å². The molecule has 1 fully saturated rings. The molecule has 98 valence electrons. The second kappa shape index (κ2) is 5.27. The summed E-state index contributed by atoms with van der Waals surface area (Å²) < 4.78 is 15.5. The number of hydrogen-bond donors (Lipinski definition) is 1. The van der Waals surface area contributed by atoms with E-state index in [9.17, 15) is 9.90 Å². The maximum Gasteiger partial charge on any atom is 0.337 e. The van der Waals surface area contributed by atoms with Crippen molar-refractivity contribution in [2.75, 3.05) is 14.2 Å². The quantitative estimate of drug-likeness (QED) is 0.820. The molecule has 0 spiro atoms. The Morgan fingerprint density at radius 2 is 2.00 bits per heavy atom. The summed E-state index contributed by atoms with van der Waals surface area (Å²) in [5.74, 6) is 0.639. The van der Waals surface area contributed by atoms with Gasteiger partial charge in [-0.3, -0.25) is 0 Å². The van der Waals surface area contributed by atoms with Crippen LogP contribution < -0.4 is 9.47 Å². The molecule has 0 bridgehead atoms. The number of esters is 1. The van der Waals surface area contributed by atoms with Crippen molar-refractivity contribution >= 4 is 5.97 Å². The summed E-state index contributed by atoms with van der Waals surface area (Å²) >= 11 is 0. The number of hydrogen-bond acceptors (Lipinski definition) is 5. The highest BCUT2D eigenvalue weighted by Crippen LogP contribution is 2.33. The Morgan fingerprint density at radius 3 is 2.56 bits per heavy atom. The first kappa shape index (κ1) is 12.7. The lowest BCUT2D eigenvalue weighted by atomic mass is 9.92. The van der Waals surface area contributed by atoms with E-state index in [0.29, 0.717) is 29.9 Å². The number of carbonyl (C=O) groups excluding carboxylic acids is 1. The lowest BCUT2D eigenvalue weighted by Gasteiger charge is -2.32. The van der Waals surface area contributed by atoms with Crippen LogP contribution in [0.15, 0.2) is 18.2 Å². The third-order valence-corrected chi connectivity index (χ3v) is 2.95. The van der Waals surface area contributed by atoms with Crippen molar-refractivity contribution in [1.82, 2.24) is 0 Å². The van der Waals surface area contributed by atoms with Gasteiger partial charge in [-0.1, -0.05) is 0 Å². The molecule has 0 aromatic heterocycles. The van der Waals surface area contributed by atoms with Crippen LogP contribution >= 0.6 is 0 Å². The van der Waals surface area contributed by atoms with E-state index in [2.05, 4.69) is 4.74 Å². The smallest absolute Gasteiger partial charge is 0.337 e. The normalized spacial score (nSPS) is 21.9. The van der Waals surface area contributed by atoms with Crippen LogP contribution in [0, 0.1) is 0 Å². The number of rotatable bonds is 4. The van der Waals surface area contributed by atoms with E-state index in [1.54, 1.807) is 18.2 Å². The van der Waals surface area contributed by atoms with E-state index in [-0.39, 0.29) is 12.2 Å². The van der Waals surface area contributed by atoms with Crippen LogP contribution in [-0.2, 0) is 4.74 Å². The predicted octanol–water partition coefficient (Wildman–Crippen LogP) is 1.38. The average molecular weight is 252 g/mol. The van der Waals surface area contributed by atoms with Gasteiger partial charge in [-0.15, -0.1) is 0 Å². The fraction of sp³-hybridized carbons (Fsp3) is 0.462. The first-order chi connectivity index (χ1) is 8.63. The summed E-state index contributed by atoms with van der Waals surface area (Å²) in [6.45, 7) is 0. The van der Waals surface area contributed by atoms with Gasteiger partial charge in [-0.25, -0.2) is 4.79 Å². The van der Waals surface area contributed by atoms with E-state index in [1.807, 2.05) is 0 Å². The largest absolute Gasteiger partial charge is 0.493 e. The first-order valence-corrected chi connectivity index (χ1v) is 5.75. The molecule has 2 rings (SSSR count). The molecule has 18 heavy (non-hydrogen) atoms. The van der Waals surface area contributed by atoms with Crippen molar-refractivity contribution in [2.45, 2.75) is 25.0 Å². The predicted molar refractivity (Wildman–Crippen MR) is 64.0 cm³/mol. The van der Waals surface area contributed by atoms with Gasteiger partial charge >= 0.3 is 5.97 Å².